The summed E-state index contributed by atoms with van der Waals surface area (Å²) in [6.45, 7) is 0.116. The normalized spacial score (nSPS) is 10.7. The summed E-state index contributed by atoms with van der Waals surface area (Å²) >= 11 is 3.42. The highest BCUT2D eigenvalue weighted by atomic mass is 79.9. The Hall–Kier alpha value is -4.25. The van der Waals surface area contributed by atoms with Crippen LogP contribution in [0.2, 0.25) is 0 Å². The predicted molar refractivity (Wildman–Crippen MR) is 131 cm³/mol. The molecule has 180 valence electrons. The molecule has 11 heteroatoms. The molecule has 35 heavy (non-hydrogen) atoms. The number of nitrogens with one attached hydrogen (secondary N) is 1. The lowest BCUT2D eigenvalue weighted by atomic mass is 10.1. The van der Waals surface area contributed by atoms with Crippen molar-refractivity contribution in [2.75, 3.05) is 7.11 Å². The lowest BCUT2D eigenvalue weighted by molar-refractivity contribution is -0.385. The van der Waals surface area contributed by atoms with E-state index in [-0.39, 0.29) is 29.8 Å². The molecular formula is C24H20BrN3O7. The average molecular weight is 542 g/mol. The van der Waals surface area contributed by atoms with Crippen LogP contribution in [0.4, 0.5) is 5.69 Å². The number of hydrogen-bond acceptors (Lipinski definition) is 7. The van der Waals surface area contributed by atoms with E-state index < -0.39 is 16.8 Å². The van der Waals surface area contributed by atoms with Gasteiger partial charge in [0.25, 0.3) is 5.69 Å². The van der Waals surface area contributed by atoms with Crippen LogP contribution < -0.4 is 14.9 Å². The van der Waals surface area contributed by atoms with Crippen molar-refractivity contribution < 1.29 is 29.1 Å². The molecule has 0 spiro atoms. The Balaban J connectivity index is 1.66. The highest BCUT2D eigenvalue weighted by Crippen LogP contribution is 2.37. The molecule has 2 N–H and O–H groups in total. The molecule has 0 radical (unpaired) electrons. The van der Waals surface area contributed by atoms with Crippen molar-refractivity contribution in [3.05, 3.63) is 97.5 Å². The largest absolute Gasteiger partial charge is 0.493 e. The number of carbonyl (C=O) groups excluding carboxylic acids is 1. The van der Waals surface area contributed by atoms with E-state index in [0.717, 1.165) is 0 Å². The van der Waals surface area contributed by atoms with Crippen molar-refractivity contribution in [2.45, 2.75) is 13.0 Å². The van der Waals surface area contributed by atoms with Crippen LogP contribution in [0.15, 0.2) is 70.2 Å². The van der Waals surface area contributed by atoms with Gasteiger partial charge in [-0.05, 0) is 51.3 Å². The Morgan fingerprint density at radius 2 is 1.94 bits per heavy atom. The summed E-state index contributed by atoms with van der Waals surface area (Å²) < 4.78 is 11.8. The number of para-hydroxylation sites is 1. The molecule has 10 nitrogen and oxygen atoms in total. The van der Waals surface area contributed by atoms with Crippen LogP contribution in [-0.2, 0) is 17.8 Å². The van der Waals surface area contributed by atoms with Gasteiger partial charge < -0.3 is 14.6 Å². The van der Waals surface area contributed by atoms with Crippen molar-refractivity contribution in [1.29, 1.82) is 0 Å². The van der Waals surface area contributed by atoms with Gasteiger partial charge in [-0.3, -0.25) is 14.9 Å². The second kappa shape index (κ2) is 11.7. The molecule has 0 aliphatic carbocycles. The number of halogens is 1. The van der Waals surface area contributed by atoms with E-state index >= 15 is 0 Å². The van der Waals surface area contributed by atoms with Crippen LogP contribution in [0, 0.1) is 10.1 Å². The zero-order valence-electron chi connectivity index (χ0n) is 18.4. The summed E-state index contributed by atoms with van der Waals surface area (Å²) in [4.78, 5) is 33.9. The second-order valence-corrected chi connectivity index (χ2v) is 8.04. The van der Waals surface area contributed by atoms with Crippen LogP contribution in [0.5, 0.6) is 11.5 Å². The Morgan fingerprint density at radius 1 is 1.17 bits per heavy atom. The molecule has 0 bridgehead atoms. The maximum atomic E-state index is 12.2. The topological polar surface area (TPSA) is 140 Å². The average Bonchev–Trinajstić information content (AvgIpc) is 2.83. The maximum Gasteiger partial charge on any atom is 0.335 e. The second-order valence-electron chi connectivity index (χ2n) is 7.18. The third kappa shape index (κ3) is 6.87. The van der Waals surface area contributed by atoms with Gasteiger partial charge in [0, 0.05) is 11.6 Å². The zero-order valence-corrected chi connectivity index (χ0v) is 20.0. The Labute approximate surface area is 208 Å². The summed E-state index contributed by atoms with van der Waals surface area (Å²) in [7, 11) is 1.47. The number of carboxylic acid groups (broad SMARTS) is 1. The standard InChI is InChI=1S/C24H20BrN3O7/c1-34-21-11-16(13-26-27-22(29)12-17-6-2-3-8-20(17)28(32)33)10-19(25)23(21)35-14-15-5-4-7-18(9-15)24(30)31/h2-11,13H,12,14H2,1H3,(H,27,29)(H,30,31)/b26-13+. The molecule has 0 saturated heterocycles. The number of hydrogen-bond donors (Lipinski definition) is 2. The molecule has 0 heterocycles. The third-order valence-corrected chi connectivity index (χ3v) is 5.34. The number of ether oxygens (including phenoxy) is 2. The van der Waals surface area contributed by atoms with Gasteiger partial charge in [0.15, 0.2) is 11.5 Å². The Bertz CT molecular complexity index is 1290. The number of aromatic carboxylic acids is 1. The predicted octanol–water partition coefficient (Wildman–Crippen LogP) is 4.34. The minimum atomic E-state index is -1.02. The molecule has 0 saturated carbocycles. The highest BCUT2D eigenvalue weighted by Gasteiger charge is 2.15. The fourth-order valence-corrected chi connectivity index (χ4v) is 3.71. The van der Waals surface area contributed by atoms with Crippen LogP contribution in [0.25, 0.3) is 0 Å². The molecule has 0 fully saturated rings. The van der Waals surface area contributed by atoms with E-state index in [1.54, 1.807) is 30.3 Å². The number of rotatable bonds is 10. The van der Waals surface area contributed by atoms with Gasteiger partial charge in [-0.2, -0.15) is 5.10 Å². The molecule has 3 aromatic carbocycles. The van der Waals surface area contributed by atoms with E-state index in [1.807, 2.05) is 0 Å². The first-order valence-corrected chi connectivity index (χ1v) is 10.9. The van der Waals surface area contributed by atoms with Crippen LogP contribution in [-0.4, -0.2) is 35.2 Å². The van der Waals surface area contributed by atoms with Gasteiger partial charge in [0.1, 0.15) is 6.61 Å². The van der Waals surface area contributed by atoms with Gasteiger partial charge in [0.2, 0.25) is 5.91 Å². The number of hydrazone groups is 1. The van der Waals surface area contributed by atoms with Gasteiger partial charge in [-0.1, -0.05) is 30.3 Å². The molecule has 0 atom stereocenters. The number of methoxy groups -OCH3 is 1. The zero-order chi connectivity index (χ0) is 25.4. The van der Waals surface area contributed by atoms with E-state index in [2.05, 4.69) is 26.5 Å². The molecule has 0 unspecified atom stereocenters. The van der Waals surface area contributed by atoms with Gasteiger partial charge in [-0.15, -0.1) is 0 Å². The van der Waals surface area contributed by atoms with E-state index in [1.165, 1.54) is 43.7 Å². The van der Waals surface area contributed by atoms with Crippen molar-refractivity contribution in [3.63, 3.8) is 0 Å². The van der Waals surface area contributed by atoms with Crippen LogP contribution in [0.3, 0.4) is 0 Å². The Kier molecular flexibility index (Phi) is 8.52. The number of nitrogens with zero attached hydrogens (tertiary/aromatic N) is 2. The SMILES string of the molecule is COc1cc(/C=N/NC(=O)Cc2ccccc2[N+](=O)[O-])cc(Br)c1OCc1cccc(C(=O)O)c1. The lowest BCUT2D eigenvalue weighted by Crippen LogP contribution is -2.20. The summed E-state index contributed by atoms with van der Waals surface area (Å²) in [5.41, 5.74) is 3.91. The maximum absolute atomic E-state index is 12.2. The van der Waals surface area contributed by atoms with Crippen molar-refractivity contribution in [3.8, 4) is 11.5 Å². The fraction of sp³-hybridized carbons (Fsp3) is 0.125. The molecular weight excluding hydrogens is 522 g/mol. The summed E-state index contributed by atoms with van der Waals surface area (Å²) in [5.74, 6) is -0.735. The fourth-order valence-electron chi connectivity index (χ4n) is 3.13. The summed E-state index contributed by atoms with van der Waals surface area (Å²) in [5, 5.41) is 24.1. The van der Waals surface area contributed by atoms with Gasteiger partial charge in [-0.25, -0.2) is 10.2 Å². The van der Waals surface area contributed by atoms with E-state index in [4.69, 9.17) is 14.6 Å². The van der Waals surface area contributed by atoms with Crippen LogP contribution >= 0.6 is 15.9 Å². The first-order valence-electron chi connectivity index (χ1n) is 10.1. The number of carbonyl (C=O) groups is 2. The first-order chi connectivity index (χ1) is 16.8. The number of benzene rings is 3. The monoisotopic (exact) mass is 541 g/mol. The minimum Gasteiger partial charge on any atom is -0.493 e. The summed E-state index contributed by atoms with van der Waals surface area (Å²) in [6, 6.07) is 15.8. The Morgan fingerprint density at radius 3 is 2.66 bits per heavy atom. The van der Waals surface area contributed by atoms with Gasteiger partial charge in [0.05, 0.1) is 34.7 Å². The van der Waals surface area contributed by atoms with Gasteiger partial charge >= 0.3 is 5.97 Å². The third-order valence-electron chi connectivity index (χ3n) is 4.75. The first kappa shape index (κ1) is 25.4. The number of amides is 1. The molecule has 3 rings (SSSR count). The van der Waals surface area contributed by atoms with Crippen molar-refractivity contribution >= 4 is 39.7 Å². The molecule has 3 aromatic rings. The molecule has 0 aliphatic rings. The van der Waals surface area contributed by atoms with Crippen LogP contribution in [0.1, 0.15) is 27.0 Å². The number of nitro benzene ring substituents is 1. The van der Waals surface area contributed by atoms with Crippen molar-refractivity contribution in [2.24, 2.45) is 5.10 Å². The highest BCUT2D eigenvalue weighted by molar-refractivity contribution is 9.10. The smallest absolute Gasteiger partial charge is 0.335 e. The summed E-state index contributed by atoms with van der Waals surface area (Å²) in [6.07, 6.45) is 1.20. The quantitative estimate of drug-likeness (QED) is 0.221. The lowest BCUT2D eigenvalue weighted by Gasteiger charge is -2.14. The number of nitro groups is 1. The molecule has 1 amide bonds. The minimum absolute atomic E-state index is 0.116. The van der Waals surface area contributed by atoms with E-state index in [9.17, 15) is 19.7 Å². The molecule has 0 aromatic heterocycles. The number of carboxylic acids is 1. The van der Waals surface area contributed by atoms with E-state index in [0.29, 0.717) is 27.1 Å². The van der Waals surface area contributed by atoms with Crippen molar-refractivity contribution in [1.82, 2.24) is 5.43 Å². The molecule has 0 aliphatic heterocycles.